The van der Waals surface area contributed by atoms with Crippen molar-refractivity contribution in [3.63, 3.8) is 0 Å². The summed E-state index contributed by atoms with van der Waals surface area (Å²) in [6, 6.07) is 0. The third-order valence-corrected chi connectivity index (χ3v) is 5.20. The maximum absolute atomic E-state index is 2.41. The number of rotatable bonds is 7. The molecule has 0 N–H and O–H groups in total. The lowest BCUT2D eigenvalue weighted by Gasteiger charge is -2.24. The van der Waals surface area contributed by atoms with Crippen LogP contribution >= 0.6 is 0 Å². The Balaban J connectivity index is -0.000000309. The molecule has 0 amide bonds. The molecule has 0 aromatic carbocycles. The highest BCUT2D eigenvalue weighted by molar-refractivity contribution is 4.66. The first-order chi connectivity index (χ1) is 11.9. The lowest BCUT2D eigenvalue weighted by Crippen LogP contribution is -2.13. The second-order valence-corrected chi connectivity index (χ2v) is 8.49. The highest BCUT2D eigenvalue weighted by Crippen LogP contribution is 2.26. The second-order valence-electron chi connectivity index (χ2n) is 8.49. The third-order valence-electron chi connectivity index (χ3n) is 5.20. The van der Waals surface area contributed by atoms with Gasteiger partial charge in [-0.3, -0.25) is 0 Å². The van der Waals surface area contributed by atoms with Crippen molar-refractivity contribution in [3.8, 4) is 0 Å². The van der Waals surface area contributed by atoms with Crippen LogP contribution in [-0.4, -0.2) is 0 Å². The maximum Gasteiger partial charge on any atom is -0.0386 e. The second kappa shape index (κ2) is 24.0. The summed E-state index contributed by atoms with van der Waals surface area (Å²) in [6.45, 7) is 22.3. The minimum absolute atomic E-state index is 0.871. The fourth-order valence-corrected chi connectivity index (χ4v) is 3.00. The molecule has 0 heteroatoms. The van der Waals surface area contributed by atoms with Gasteiger partial charge in [-0.1, -0.05) is 133 Å². The van der Waals surface area contributed by atoms with E-state index in [1.807, 2.05) is 13.8 Å². The van der Waals surface area contributed by atoms with E-state index in [0.29, 0.717) is 0 Å². The summed E-state index contributed by atoms with van der Waals surface area (Å²) < 4.78 is 0. The zero-order valence-corrected chi connectivity index (χ0v) is 20.1. The van der Waals surface area contributed by atoms with Gasteiger partial charge in [0.2, 0.25) is 0 Å². The molecule has 0 radical (unpaired) electrons. The van der Waals surface area contributed by atoms with Crippen molar-refractivity contribution >= 4 is 0 Å². The molecule has 1 fully saturated rings. The van der Waals surface area contributed by atoms with Gasteiger partial charge in [0.15, 0.2) is 0 Å². The third kappa shape index (κ3) is 26.3. The summed E-state index contributed by atoms with van der Waals surface area (Å²) in [4.78, 5) is 0. The summed E-state index contributed by atoms with van der Waals surface area (Å²) in [6.07, 6.45) is 15.8. The minimum atomic E-state index is 0.871. The molecule has 1 aliphatic carbocycles. The van der Waals surface area contributed by atoms with Gasteiger partial charge in [0.1, 0.15) is 0 Å². The molecule has 1 rings (SSSR count). The molecule has 2 atom stereocenters. The van der Waals surface area contributed by atoms with E-state index in [1.54, 1.807) is 0 Å². The average molecular weight is 357 g/mol. The normalized spacial score (nSPS) is 15.8. The quantitative estimate of drug-likeness (QED) is 0.425. The minimum Gasteiger partial charge on any atom is -0.0683 e. The fourth-order valence-electron chi connectivity index (χ4n) is 3.00. The zero-order chi connectivity index (χ0) is 20.1. The van der Waals surface area contributed by atoms with Crippen molar-refractivity contribution < 1.29 is 0 Å². The topological polar surface area (TPSA) is 0 Å². The molecule has 0 saturated heterocycles. The Hall–Kier alpha value is 0. The average Bonchev–Trinajstić information content (AvgIpc) is 2.64. The van der Waals surface area contributed by atoms with Crippen LogP contribution in [0, 0.1) is 23.7 Å². The molecular formula is C25H56. The molecule has 156 valence electrons. The van der Waals surface area contributed by atoms with Crippen molar-refractivity contribution in [2.24, 2.45) is 23.7 Å². The molecule has 1 saturated carbocycles. The Morgan fingerprint density at radius 1 is 0.600 bits per heavy atom. The molecule has 0 aliphatic heterocycles. The van der Waals surface area contributed by atoms with Crippen LogP contribution in [0.1, 0.15) is 140 Å². The van der Waals surface area contributed by atoms with Crippen LogP contribution in [0.4, 0.5) is 0 Å². The van der Waals surface area contributed by atoms with E-state index in [9.17, 15) is 0 Å². The van der Waals surface area contributed by atoms with Gasteiger partial charge in [-0.15, -0.1) is 0 Å². The number of hydrogen-bond donors (Lipinski definition) is 0. The van der Waals surface area contributed by atoms with Crippen LogP contribution in [0.2, 0.25) is 0 Å². The molecule has 0 bridgehead atoms. The Bertz CT molecular complexity index is 189. The van der Waals surface area contributed by atoms with E-state index in [-0.39, 0.29) is 0 Å². The van der Waals surface area contributed by atoms with E-state index in [4.69, 9.17) is 0 Å². The van der Waals surface area contributed by atoms with Gasteiger partial charge in [-0.25, -0.2) is 0 Å². The molecule has 25 heavy (non-hydrogen) atoms. The molecule has 0 aromatic heterocycles. The highest BCUT2D eigenvalue weighted by atomic mass is 14.2. The van der Waals surface area contributed by atoms with Crippen LogP contribution in [0.5, 0.6) is 0 Å². The Morgan fingerprint density at radius 2 is 0.960 bits per heavy atom. The Morgan fingerprint density at radius 3 is 1.16 bits per heavy atom. The van der Waals surface area contributed by atoms with Gasteiger partial charge in [0, 0.05) is 0 Å². The number of hydrogen-bond acceptors (Lipinski definition) is 0. The Labute approximate surface area is 164 Å². The predicted octanol–water partition coefficient (Wildman–Crippen LogP) is 9.91. The maximum atomic E-state index is 2.41. The molecule has 0 aromatic rings. The molecule has 0 spiro atoms. The van der Waals surface area contributed by atoms with Crippen LogP contribution < -0.4 is 0 Å². The van der Waals surface area contributed by atoms with Gasteiger partial charge in [0.25, 0.3) is 0 Å². The molecule has 0 nitrogen and oxygen atoms in total. The summed E-state index contributed by atoms with van der Waals surface area (Å²) in [5.41, 5.74) is 0. The van der Waals surface area contributed by atoms with Gasteiger partial charge in [0.05, 0.1) is 0 Å². The van der Waals surface area contributed by atoms with Crippen LogP contribution in [0.25, 0.3) is 0 Å². The van der Waals surface area contributed by atoms with Gasteiger partial charge in [-0.2, -0.15) is 0 Å². The standard InChI is InChI=1S/C12H26.C6H12.C5H12.C2H6/c1-6-8-12(9-10(3)4)11(5)7-2;1-2-4-6-5-3-1;1-4-5(2)3;1-2/h10-12H,6-9H2,1-5H3;1-6H2;5H,4H2,1-3H3;1-2H3. The summed E-state index contributed by atoms with van der Waals surface area (Å²) in [5.74, 6) is 3.65. The van der Waals surface area contributed by atoms with E-state index < -0.39 is 0 Å². The lowest BCUT2D eigenvalue weighted by molar-refractivity contribution is 0.273. The van der Waals surface area contributed by atoms with E-state index >= 15 is 0 Å². The summed E-state index contributed by atoms with van der Waals surface area (Å²) in [7, 11) is 0. The van der Waals surface area contributed by atoms with E-state index in [1.165, 1.54) is 70.6 Å². The molecular weight excluding hydrogens is 300 g/mol. The highest BCUT2D eigenvalue weighted by Gasteiger charge is 2.15. The van der Waals surface area contributed by atoms with Gasteiger partial charge in [-0.05, 0) is 30.1 Å². The van der Waals surface area contributed by atoms with Crippen molar-refractivity contribution in [2.75, 3.05) is 0 Å². The van der Waals surface area contributed by atoms with Crippen LogP contribution in [0.15, 0.2) is 0 Å². The van der Waals surface area contributed by atoms with Crippen molar-refractivity contribution in [2.45, 2.75) is 140 Å². The van der Waals surface area contributed by atoms with Gasteiger partial charge < -0.3 is 0 Å². The summed E-state index contributed by atoms with van der Waals surface area (Å²) >= 11 is 0. The van der Waals surface area contributed by atoms with Crippen molar-refractivity contribution in [1.29, 1.82) is 0 Å². The fraction of sp³-hybridized carbons (Fsp3) is 1.00. The van der Waals surface area contributed by atoms with Crippen LogP contribution in [-0.2, 0) is 0 Å². The first kappa shape index (κ1) is 29.8. The monoisotopic (exact) mass is 356 g/mol. The predicted molar refractivity (Wildman–Crippen MR) is 121 cm³/mol. The Kier molecular flexibility index (Phi) is 28.6. The smallest absolute Gasteiger partial charge is 0.0386 e. The largest absolute Gasteiger partial charge is 0.0683 e. The first-order valence-corrected chi connectivity index (χ1v) is 11.9. The van der Waals surface area contributed by atoms with Crippen molar-refractivity contribution in [3.05, 3.63) is 0 Å². The van der Waals surface area contributed by atoms with Crippen molar-refractivity contribution in [1.82, 2.24) is 0 Å². The zero-order valence-electron chi connectivity index (χ0n) is 20.1. The van der Waals surface area contributed by atoms with E-state index in [0.717, 1.165) is 23.7 Å². The SMILES string of the molecule is C1CCCCC1.CC.CCC(C)C.CCCC(CC(C)C)C(C)CC. The first-order valence-electron chi connectivity index (χ1n) is 11.9. The molecule has 2 unspecified atom stereocenters. The van der Waals surface area contributed by atoms with Gasteiger partial charge >= 0.3 is 0 Å². The molecule has 0 heterocycles. The lowest BCUT2D eigenvalue weighted by atomic mass is 9.82. The molecule has 1 aliphatic rings. The van der Waals surface area contributed by atoms with Crippen LogP contribution in [0.3, 0.4) is 0 Å². The van der Waals surface area contributed by atoms with E-state index in [2.05, 4.69) is 55.4 Å². The summed E-state index contributed by atoms with van der Waals surface area (Å²) in [5, 5.41) is 0.